The second kappa shape index (κ2) is 6.37. The summed E-state index contributed by atoms with van der Waals surface area (Å²) in [4.78, 5) is 16.1. The van der Waals surface area contributed by atoms with E-state index in [1.807, 2.05) is 6.92 Å². The number of nitrogens with one attached hydrogen (secondary N) is 2. The summed E-state index contributed by atoms with van der Waals surface area (Å²) in [5.41, 5.74) is 0.485. The molecule has 0 bridgehead atoms. The Morgan fingerprint density at radius 2 is 2.37 bits per heavy atom. The van der Waals surface area contributed by atoms with Gasteiger partial charge >= 0.3 is 0 Å². The summed E-state index contributed by atoms with van der Waals surface area (Å²) < 4.78 is 0.756. The summed E-state index contributed by atoms with van der Waals surface area (Å²) in [6.45, 7) is 2.03. The molecule has 8 heteroatoms. The van der Waals surface area contributed by atoms with Crippen LogP contribution < -0.4 is 5.32 Å². The molecule has 100 valence electrons. The monoisotopic (exact) mass is 324 g/mol. The average Bonchev–Trinajstić information content (AvgIpc) is 2.92. The van der Waals surface area contributed by atoms with Crippen molar-refractivity contribution in [2.45, 2.75) is 25.8 Å². The highest BCUT2D eigenvalue weighted by atomic mass is 79.9. The summed E-state index contributed by atoms with van der Waals surface area (Å²) >= 11 is 3.28. The fourth-order valence-corrected chi connectivity index (χ4v) is 2.01. The molecule has 0 aliphatic heterocycles. The van der Waals surface area contributed by atoms with E-state index in [1.54, 1.807) is 12.3 Å². The number of hydrogen-bond acceptors (Lipinski definition) is 5. The Bertz CT molecular complexity index is 544. The van der Waals surface area contributed by atoms with Gasteiger partial charge in [-0.25, -0.2) is 0 Å². The molecule has 0 saturated heterocycles. The molecule has 2 heterocycles. The van der Waals surface area contributed by atoms with Crippen LogP contribution >= 0.6 is 15.9 Å². The number of pyridine rings is 1. The van der Waals surface area contributed by atoms with Gasteiger partial charge in [0.2, 0.25) is 0 Å². The lowest BCUT2D eigenvalue weighted by Crippen LogP contribution is -2.29. The normalized spacial score (nSPS) is 12.1. The third-order valence-corrected chi connectivity index (χ3v) is 2.96. The Balaban J connectivity index is 2.11. The van der Waals surface area contributed by atoms with E-state index in [-0.39, 0.29) is 11.9 Å². The Hall–Kier alpha value is -1.83. The Kier molecular flexibility index (Phi) is 4.56. The SMILES string of the molecule is CCCC(NC(=O)c1cncc(Br)c1)c1nn[nH]n1. The van der Waals surface area contributed by atoms with Gasteiger partial charge in [-0.2, -0.15) is 5.21 Å². The lowest BCUT2D eigenvalue weighted by Gasteiger charge is -2.14. The van der Waals surface area contributed by atoms with Crippen LogP contribution in [0.4, 0.5) is 0 Å². The van der Waals surface area contributed by atoms with E-state index in [0.717, 1.165) is 17.3 Å². The van der Waals surface area contributed by atoms with E-state index in [1.165, 1.54) is 6.20 Å². The van der Waals surface area contributed by atoms with Crippen LogP contribution in [0.1, 0.15) is 42.0 Å². The lowest BCUT2D eigenvalue weighted by atomic mass is 10.1. The van der Waals surface area contributed by atoms with Crippen molar-refractivity contribution in [1.29, 1.82) is 0 Å². The van der Waals surface area contributed by atoms with E-state index in [2.05, 4.69) is 46.9 Å². The van der Waals surface area contributed by atoms with Crippen molar-refractivity contribution < 1.29 is 4.79 Å². The van der Waals surface area contributed by atoms with Gasteiger partial charge in [-0.15, -0.1) is 10.2 Å². The lowest BCUT2D eigenvalue weighted by molar-refractivity contribution is 0.0932. The molecule has 1 unspecified atom stereocenters. The van der Waals surface area contributed by atoms with Crippen molar-refractivity contribution in [2.24, 2.45) is 0 Å². The molecule has 0 saturated carbocycles. The highest BCUT2D eigenvalue weighted by Gasteiger charge is 2.18. The Morgan fingerprint density at radius 1 is 1.53 bits per heavy atom. The molecule has 2 N–H and O–H groups in total. The number of amides is 1. The molecule has 19 heavy (non-hydrogen) atoms. The molecule has 0 aliphatic rings. The van der Waals surface area contributed by atoms with Crippen molar-refractivity contribution in [3.05, 3.63) is 34.3 Å². The van der Waals surface area contributed by atoms with E-state index in [0.29, 0.717) is 11.4 Å². The van der Waals surface area contributed by atoms with Crippen LogP contribution in [-0.2, 0) is 0 Å². The summed E-state index contributed by atoms with van der Waals surface area (Å²) in [5, 5.41) is 16.6. The molecule has 0 radical (unpaired) electrons. The van der Waals surface area contributed by atoms with Gasteiger partial charge in [-0.1, -0.05) is 18.6 Å². The van der Waals surface area contributed by atoms with Crippen molar-refractivity contribution in [3.8, 4) is 0 Å². The van der Waals surface area contributed by atoms with Crippen LogP contribution in [0.15, 0.2) is 22.9 Å². The number of aromatic nitrogens is 5. The van der Waals surface area contributed by atoms with Crippen molar-refractivity contribution in [1.82, 2.24) is 30.9 Å². The quantitative estimate of drug-likeness (QED) is 0.871. The van der Waals surface area contributed by atoms with Gasteiger partial charge in [0.1, 0.15) is 0 Å². The summed E-state index contributed by atoms with van der Waals surface area (Å²) in [6.07, 6.45) is 4.78. The van der Waals surface area contributed by atoms with Crippen molar-refractivity contribution in [2.75, 3.05) is 0 Å². The standard InChI is InChI=1S/C11H13BrN6O/c1-2-3-9(10-15-17-18-16-10)14-11(19)7-4-8(12)6-13-5-7/h4-6,9H,2-3H2,1H3,(H,14,19)(H,15,16,17,18). The molecule has 2 aromatic heterocycles. The first-order valence-corrected chi connectivity index (χ1v) is 6.64. The minimum absolute atomic E-state index is 0.211. The number of hydrogen-bond donors (Lipinski definition) is 2. The fraction of sp³-hybridized carbons (Fsp3) is 0.364. The number of carbonyl (C=O) groups excluding carboxylic acids is 1. The second-order valence-corrected chi connectivity index (χ2v) is 4.89. The molecule has 0 aromatic carbocycles. The summed E-state index contributed by atoms with van der Waals surface area (Å²) in [6, 6.07) is 1.46. The number of H-pyrrole nitrogens is 1. The molecule has 2 rings (SSSR count). The maximum atomic E-state index is 12.1. The van der Waals surface area contributed by atoms with Gasteiger partial charge < -0.3 is 5.32 Å². The van der Waals surface area contributed by atoms with E-state index in [4.69, 9.17) is 0 Å². The number of halogens is 1. The Labute approximate surface area is 118 Å². The van der Waals surface area contributed by atoms with Crippen LogP contribution in [0.2, 0.25) is 0 Å². The molecule has 7 nitrogen and oxygen atoms in total. The van der Waals surface area contributed by atoms with Gasteiger partial charge in [-0.05, 0) is 28.4 Å². The average molecular weight is 325 g/mol. The third-order valence-electron chi connectivity index (χ3n) is 2.52. The van der Waals surface area contributed by atoms with Crippen LogP contribution in [-0.4, -0.2) is 31.5 Å². The zero-order chi connectivity index (χ0) is 13.7. The van der Waals surface area contributed by atoms with Gasteiger partial charge in [0.25, 0.3) is 5.91 Å². The summed E-state index contributed by atoms with van der Waals surface area (Å²) in [7, 11) is 0. The van der Waals surface area contributed by atoms with E-state index in [9.17, 15) is 4.79 Å². The second-order valence-electron chi connectivity index (χ2n) is 3.98. The van der Waals surface area contributed by atoms with Gasteiger partial charge in [-0.3, -0.25) is 9.78 Å². The van der Waals surface area contributed by atoms with Crippen LogP contribution in [0, 0.1) is 0 Å². The van der Waals surface area contributed by atoms with Crippen molar-refractivity contribution >= 4 is 21.8 Å². The molecule has 0 spiro atoms. The van der Waals surface area contributed by atoms with Crippen LogP contribution in [0.5, 0.6) is 0 Å². The largest absolute Gasteiger partial charge is 0.342 e. The third kappa shape index (κ3) is 3.57. The number of aromatic amines is 1. The molecular formula is C11H13BrN6O. The first-order valence-electron chi connectivity index (χ1n) is 5.85. The minimum atomic E-state index is -0.254. The maximum Gasteiger partial charge on any atom is 0.253 e. The summed E-state index contributed by atoms with van der Waals surface area (Å²) in [5.74, 6) is 0.273. The fourth-order valence-electron chi connectivity index (χ4n) is 1.65. The highest BCUT2D eigenvalue weighted by Crippen LogP contribution is 2.15. The maximum absolute atomic E-state index is 12.1. The smallest absolute Gasteiger partial charge is 0.253 e. The first-order chi connectivity index (χ1) is 9.20. The number of nitrogens with zero attached hydrogens (tertiary/aromatic N) is 4. The van der Waals surface area contributed by atoms with Gasteiger partial charge in [0, 0.05) is 16.9 Å². The predicted molar refractivity (Wildman–Crippen MR) is 71.2 cm³/mol. The molecule has 0 aliphatic carbocycles. The minimum Gasteiger partial charge on any atom is -0.342 e. The number of rotatable bonds is 5. The first kappa shape index (κ1) is 13.6. The molecule has 1 atom stereocenters. The van der Waals surface area contributed by atoms with Crippen molar-refractivity contribution in [3.63, 3.8) is 0 Å². The predicted octanol–water partition coefficient (Wildman–Crippen LogP) is 1.63. The zero-order valence-electron chi connectivity index (χ0n) is 10.3. The number of carbonyl (C=O) groups is 1. The Morgan fingerprint density at radius 3 is 3.00 bits per heavy atom. The molecule has 0 fully saturated rings. The van der Waals surface area contributed by atoms with E-state index >= 15 is 0 Å². The topological polar surface area (TPSA) is 96.5 Å². The van der Waals surface area contributed by atoms with Crippen LogP contribution in [0.25, 0.3) is 0 Å². The molecular weight excluding hydrogens is 312 g/mol. The zero-order valence-corrected chi connectivity index (χ0v) is 11.9. The molecule has 2 aromatic rings. The van der Waals surface area contributed by atoms with Crippen LogP contribution in [0.3, 0.4) is 0 Å². The van der Waals surface area contributed by atoms with E-state index < -0.39 is 0 Å². The van der Waals surface area contributed by atoms with Gasteiger partial charge in [0.15, 0.2) is 5.82 Å². The molecule has 1 amide bonds. The highest BCUT2D eigenvalue weighted by molar-refractivity contribution is 9.10. The van der Waals surface area contributed by atoms with Gasteiger partial charge in [0.05, 0.1) is 11.6 Å². The number of tetrazole rings is 1.